The molecule has 0 radical (unpaired) electrons. The number of nitrogens with zero attached hydrogens (tertiary/aromatic N) is 2. The van der Waals surface area contributed by atoms with Crippen LogP contribution in [0.4, 0.5) is 8.78 Å². The lowest BCUT2D eigenvalue weighted by molar-refractivity contribution is -0.135. The SMILES string of the molecule is Cl.NCC1(CC(=O)N2CCN(C(=O)c3c(F)cccc3F)CC2)CCCCC1. The van der Waals surface area contributed by atoms with Crippen LogP contribution in [0, 0.1) is 17.0 Å². The molecule has 1 aromatic carbocycles. The summed E-state index contributed by atoms with van der Waals surface area (Å²) in [5, 5.41) is 0. The molecule has 1 heterocycles. The standard InChI is InChI=1S/C20H27F2N3O2.ClH/c21-15-5-4-6-16(22)18(15)19(27)25-11-9-24(10-12-25)17(26)13-20(14-23)7-2-1-3-8-20;/h4-6H,1-3,7-14,23H2;1H. The van der Waals surface area contributed by atoms with Gasteiger partial charge in [-0.1, -0.05) is 25.3 Å². The molecule has 0 aromatic heterocycles. The second-order valence-corrected chi connectivity index (χ2v) is 7.71. The smallest absolute Gasteiger partial charge is 0.259 e. The van der Waals surface area contributed by atoms with Crippen molar-refractivity contribution in [1.29, 1.82) is 0 Å². The van der Waals surface area contributed by atoms with Crippen LogP contribution in [0.2, 0.25) is 0 Å². The number of hydrogen-bond donors (Lipinski definition) is 1. The van der Waals surface area contributed by atoms with Crippen LogP contribution in [0.25, 0.3) is 0 Å². The molecule has 1 aromatic rings. The maximum Gasteiger partial charge on any atom is 0.259 e. The van der Waals surface area contributed by atoms with Gasteiger partial charge in [0, 0.05) is 32.6 Å². The Kier molecular flexibility index (Phi) is 7.78. The number of benzene rings is 1. The summed E-state index contributed by atoms with van der Waals surface area (Å²) < 4.78 is 27.7. The highest BCUT2D eigenvalue weighted by atomic mass is 35.5. The summed E-state index contributed by atoms with van der Waals surface area (Å²) >= 11 is 0. The largest absolute Gasteiger partial charge is 0.339 e. The van der Waals surface area contributed by atoms with Gasteiger partial charge in [0.1, 0.15) is 17.2 Å². The number of amides is 2. The topological polar surface area (TPSA) is 66.6 Å². The fraction of sp³-hybridized carbons (Fsp3) is 0.600. The average molecular weight is 416 g/mol. The van der Waals surface area contributed by atoms with Crippen molar-refractivity contribution in [1.82, 2.24) is 9.80 Å². The second kappa shape index (κ2) is 9.65. The Balaban J connectivity index is 0.00000280. The number of rotatable bonds is 4. The highest BCUT2D eigenvalue weighted by molar-refractivity contribution is 5.95. The lowest BCUT2D eigenvalue weighted by Crippen LogP contribution is -2.52. The number of piperazine rings is 1. The Morgan fingerprint density at radius 3 is 2.04 bits per heavy atom. The van der Waals surface area contributed by atoms with E-state index in [9.17, 15) is 18.4 Å². The Labute approximate surface area is 170 Å². The van der Waals surface area contributed by atoms with E-state index in [4.69, 9.17) is 5.73 Å². The zero-order valence-electron chi connectivity index (χ0n) is 16.0. The minimum atomic E-state index is -0.860. The van der Waals surface area contributed by atoms with Crippen molar-refractivity contribution >= 4 is 24.2 Å². The number of carbonyl (C=O) groups is 2. The zero-order chi connectivity index (χ0) is 19.4. The van der Waals surface area contributed by atoms with Crippen LogP contribution in [0.5, 0.6) is 0 Å². The van der Waals surface area contributed by atoms with Crippen LogP contribution in [0.15, 0.2) is 18.2 Å². The van der Waals surface area contributed by atoms with E-state index in [0.717, 1.165) is 37.8 Å². The maximum absolute atomic E-state index is 13.8. The van der Waals surface area contributed by atoms with E-state index in [0.29, 0.717) is 26.1 Å². The first-order valence-electron chi connectivity index (χ1n) is 9.67. The van der Waals surface area contributed by atoms with Crippen LogP contribution >= 0.6 is 12.4 Å². The third-order valence-corrected chi connectivity index (χ3v) is 5.97. The third kappa shape index (κ3) is 4.81. The minimum absolute atomic E-state index is 0. The van der Waals surface area contributed by atoms with Crippen LogP contribution in [-0.4, -0.2) is 54.3 Å². The van der Waals surface area contributed by atoms with E-state index in [2.05, 4.69) is 0 Å². The van der Waals surface area contributed by atoms with E-state index < -0.39 is 23.1 Å². The predicted octanol–water partition coefficient (Wildman–Crippen LogP) is 2.97. The molecular weight excluding hydrogens is 388 g/mol. The van der Waals surface area contributed by atoms with Gasteiger partial charge in [0.25, 0.3) is 5.91 Å². The maximum atomic E-state index is 13.8. The molecule has 8 heteroatoms. The molecule has 2 fully saturated rings. The molecule has 1 saturated heterocycles. The summed E-state index contributed by atoms with van der Waals surface area (Å²) in [6.07, 6.45) is 5.84. The number of halogens is 3. The van der Waals surface area contributed by atoms with Crippen molar-refractivity contribution in [3.63, 3.8) is 0 Å². The molecule has 0 unspecified atom stereocenters. The van der Waals surface area contributed by atoms with Gasteiger partial charge in [-0.3, -0.25) is 9.59 Å². The summed E-state index contributed by atoms with van der Waals surface area (Å²) in [5.41, 5.74) is 5.35. The van der Waals surface area contributed by atoms with Gasteiger partial charge in [0.2, 0.25) is 5.91 Å². The van der Waals surface area contributed by atoms with Gasteiger partial charge in [0.05, 0.1) is 0 Å². The quantitative estimate of drug-likeness (QED) is 0.822. The van der Waals surface area contributed by atoms with Crippen molar-refractivity contribution in [2.24, 2.45) is 11.1 Å². The van der Waals surface area contributed by atoms with E-state index in [1.165, 1.54) is 17.4 Å². The van der Waals surface area contributed by atoms with Crippen molar-refractivity contribution in [3.05, 3.63) is 35.4 Å². The second-order valence-electron chi connectivity index (χ2n) is 7.71. The molecular formula is C20H28ClF2N3O2. The summed E-state index contributed by atoms with van der Waals surface area (Å²) in [4.78, 5) is 28.3. The van der Waals surface area contributed by atoms with Crippen LogP contribution in [0.1, 0.15) is 48.9 Å². The van der Waals surface area contributed by atoms with Crippen LogP contribution in [0.3, 0.4) is 0 Å². The first kappa shape index (κ1) is 22.6. The Bertz CT molecular complexity index is 682. The molecule has 28 heavy (non-hydrogen) atoms. The number of carbonyl (C=O) groups excluding carboxylic acids is 2. The van der Waals surface area contributed by atoms with Gasteiger partial charge in [-0.15, -0.1) is 12.4 Å². The van der Waals surface area contributed by atoms with E-state index >= 15 is 0 Å². The summed E-state index contributed by atoms with van der Waals surface area (Å²) in [7, 11) is 0. The van der Waals surface area contributed by atoms with Crippen molar-refractivity contribution in [2.45, 2.75) is 38.5 Å². The van der Waals surface area contributed by atoms with Gasteiger partial charge < -0.3 is 15.5 Å². The molecule has 0 atom stereocenters. The highest BCUT2D eigenvalue weighted by Crippen LogP contribution is 2.38. The van der Waals surface area contributed by atoms with Gasteiger partial charge in [-0.05, 0) is 36.9 Å². The molecule has 2 amide bonds. The van der Waals surface area contributed by atoms with Gasteiger partial charge >= 0.3 is 0 Å². The lowest BCUT2D eigenvalue weighted by Gasteiger charge is -2.39. The van der Waals surface area contributed by atoms with Crippen molar-refractivity contribution in [3.8, 4) is 0 Å². The first-order chi connectivity index (χ1) is 13.0. The monoisotopic (exact) mass is 415 g/mol. The Morgan fingerprint density at radius 2 is 1.50 bits per heavy atom. The first-order valence-corrected chi connectivity index (χ1v) is 9.67. The van der Waals surface area contributed by atoms with E-state index in [1.54, 1.807) is 4.90 Å². The molecule has 0 bridgehead atoms. The van der Waals surface area contributed by atoms with Crippen LogP contribution in [-0.2, 0) is 4.79 Å². The Morgan fingerprint density at radius 1 is 0.964 bits per heavy atom. The Hall–Kier alpha value is -1.73. The van der Waals surface area contributed by atoms with Gasteiger partial charge in [-0.25, -0.2) is 8.78 Å². The molecule has 156 valence electrons. The average Bonchev–Trinajstić information content (AvgIpc) is 2.68. The molecule has 2 N–H and O–H groups in total. The zero-order valence-corrected chi connectivity index (χ0v) is 16.8. The molecule has 3 rings (SSSR count). The summed E-state index contributed by atoms with van der Waals surface area (Å²) in [6.45, 7) is 1.81. The van der Waals surface area contributed by atoms with Crippen molar-refractivity contribution < 1.29 is 18.4 Å². The lowest BCUT2D eigenvalue weighted by atomic mass is 9.71. The molecule has 1 aliphatic heterocycles. The van der Waals surface area contributed by atoms with E-state index in [-0.39, 0.29) is 36.8 Å². The highest BCUT2D eigenvalue weighted by Gasteiger charge is 2.35. The molecule has 1 saturated carbocycles. The summed E-state index contributed by atoms with van der Waals surface area (Å²) in [5.74, 6) is -2.32. The molecule has 1 aliphatic carbocycles. The molecule has 5 nitrogen and oxygen atoms in total. The fourth-order valence-electron chi connectivity index (χ4n) is 4.21. The van der Waals surface area contributed by atoms with Gasteiger partial charge in [0.15, 0.2) is 0 Å². The fourth-order valence-corrected chi connectivity index (χ4v) is 4.21. The van der Waals surface area contributed by atoms with Gasteiger partial charge in [-0.2, -0.15) is 0 Å². The number of nitrogens with two attached hydrogens (primary N) is 1. The summed E-state index contributed by atoms with van der Waals surface area (Å²) in [6, 6.07) is 3.38. The minimum Gasteiger partial charge on any atom is -0.339 e. The number of hydrogen-bond acceptors (Lipinski definition) is 3. The predicted molar refractivity (Wildman–Crippen MR) is 105 cm³/mol. The normalized spacial score (nSPS) is 19.1. The molecule has 2 aliphatic rings. The van der Waals surface area contributed by atoms with E-state index in [1.807, 2.05) is 0 Å². The van der Waals surface area contributed by atoms with Crippen molar-refractivity contribution in [2.75, 3.05) is 32.7 Å². The molecule has 0 spiro atoms. The third-order valence-electron chi connectivity index (χ3n) is 5.97. The van der Waals surface area contributed by atoms with Crippen LogP contribution < -0.4 is 5.73 Å².